The second kappa shape index (κ2) is 8.03. The molecule has 1 amide bonds. The van der Waals surface area contributed by atoms with Crippen LogP contribution in [0.2, 0.25) is 0 Å². The molecule has 3 aromatic rings. The zero-order valence-electron chi connectivity index (χ0n) is 16.2. The van der Waals surface area contributed by atoms with Gasteiger partial charge >= 0.3 is 6.18 Å². The number of carbonyl (C=O) groups excluding carboxylic acids is 1. The summed E-state index contributed by atoms with van der Waals surface area (Å²) in [6, 6.07) is 8.15. The molecule has 0 aliphatic carbocycles. The van der Waals surface area contributed by atoms with Crippen LogP contribution in [0.5, 0.6) is 5.75 Å². The van der Waals surface area contributed by atoms with Gasteiger partial charge in [-0.2, -0.15) is 13.2 Å². The van der Waals surface area contributed by atoms with E-state index in [9.17, 15) is 18.0 Å². The molecule has 0 atom stereocenters. The summed E-state index contributed by atoms with van der Waals surface area (Å²) >= 11 is 0. The Morgan fingerprint density at radius 1 is 1.24 bits per heavy atom. The molecule has 0 unspecified atom stereocenters. The lowest BCUT2D eigenvalue weighted by Gasteiger charge is -2.12. The van der Waals surface area contributed by atoms with Crippen LogP contribution in [0.25, 0.3) is 16.5 Å². The number of amides is 1. The molecule has 0 fully saturated rings. The number of benzene rings is 2. The van der Waals surface area contributed by atoms with E-state index in [0.29, 0.717) is 29.1 Å². The van der Waals surface area contributed by atoms with Gasteiger partial charge in [0.25, 0.3) is 0 Å². The highest BCUT2D eigenvalue weighted by Crippen LogP contribution is 2.34. The van der Waals surface area contributed by atoms with E-state index in [-0.39, 0.29) is 5.69 Å². The van der Waals surface area contributed by atoms with Gasteiger partial charge in [-0.15, -0.1) is 0 Å². The molecular weight excluding hydrogens is 383 g/mol. The molecule has 0 bridgehead atoms. The number of ether oxygens (including phenoxy) is 1. The molecule has 1 heterocycles. The number of rotatable bonds is 5. The van der Waals surface area contributed by atoms with Crippen LogP contribution >= 0.6 is 0 Å². The fourth-order valence-electron chi connectivity index (χ4n) is 2.99. The van der Waals surface area contributed by atoms with Crippen molar-refractivity contribution in [3.05, 3.63) is 65.4 Å². The zero-order chi connectivity index (χ0) is 21.2. The topological polar surface area (TPSA) is 51.5 Å². The summed E-state index contributed by atoms with van der Waals surface area (Å²) in [4.78, 5) is 12.4. The first kappa shape index (κ1) is 20.5. The minimum Gasteiger partial charge on any atom is -0.493 e. The van der Waals surface area contributed by atoms with E-state index in [1.807, 2.05) is 19.9 Å². The van der Waals surface area contributed by atoms with Crippen molar-refractivity contribution in [1.29, 1.82) is 0 Å². The second-order valence-electron chi connectivity index (χ2n) is 6.59. The molecule has 0 aliphatic rings. The maximum atomic E-state index is 12.8. The molecule has 3 rings (SSSR count). The Balaban J connectivity index is 1.89. The summed E-state index contributed by atoms with van der Waals surface area (Å²) in [5.41, 5.74) is 2.19. The van der Waals surface area contributed by atoms with Gasteiger partial charge in [-0.3, -0.25) is 4.79 Å². The zero-order valence-corrected chi connectivity index (χ0v) is 16.2. The minimum atomic E-state index is -4.48. The predicted octanol–water partition coefficient (Wildman–Crippen LogP) is 6.20. The van der Waals surface area contributed by atoms with E-state index in [4.69, 9.17) is 9.15 Å². The van der Waals surface area contributed by atoms with Gasteiger partial charge < -0.3 is 14.5 Å². The van der Waals surface area contributed by atoms with E-state index >= 15 is 0 Å². The maximum Gasteiger partial charge on any atom is 0.416 e. The average Bonchev–Trinajstić information content (AvgIpc) is 3.01. The quantitative estimate of drug-likeness (QED) is 0.516. The largest absolute Gasteiger partial charge is 0.493 e. The van der Waals surface area contributed by atoms with Crippen LogP contribution in [0, 0.1) is 6.92 Å². The standard InChI is InChI=1S/C22H20F3NO3/c1-4-28-19-11-20-18(14(3)12-29-20)10-17(19)13(2)8-21(27)26-16-7-5-6-15(9-16)22(23,24)25/h5-12H,4H2,1-3H3,(H,26,27)/b13-8+. The van der Waals surface area contributed by atoms with Crippen molar-refractivity contribution in [3.8, 4) is 5.75 Å². The molecule has 7 heteroatoms. The fraction of sp³-hybridized carbons (Fsp3) is 0.227. The van der Waals surface area contributed by atoms with E-state index in [2.05, 4.69) is 5.32 Å². The maximum absolute atomic E-state index is 12.8. The fourth-order valence-corrected chi connectivity index (χ4v) is 2.99. The molecular formula is C22H20F3NO3. The van der Waals surface area contributed by atoms with Gasteiger partial charge in [0.2, 0.25) is 5.91 Å². The van der Waals surface area contributed by atoms with Crippen LogP contribution in [0.3, 0.4) is 0 Å². The highest BCUT2D eigenvalue weighted by atomic mass is 19.4. The first-order valence-corrected chi connectivity index (χ1v) is 9.00. The molecule has 29 heavy (non-hydrogen) atoms. The number of aryl methyl sites for hydroxylation is 1. The Bertz CT molecular complexity index is 1080. The third-order valence-corrected chi connectivity index (χ3v) is 4.40. The lowest BCUT2D eigenvalue weighted by atomic mass is 10.0. The van der Waals surface area contributed by atoms with E-state index in [1.165, 1.54) is 18.2 Å². The number of furan rings is 1. The summed E-state index contributed by atoms with van der Waals surface area (Å²) in [5, 5.41) is 3.37. The molecule has 0 spiro atoms. The molecule has 1 aromatic heterocycles. The molecule has 2 aromatic carbocycles. The predicted molar refractivity (Wildman–Crippen MR) is 106 cm³/mol. The van der Waals surface area contributed by atoms with Crippen LogP contribution in [0.15, 0.2) is 53.2 Å². The van der Waals surface area contributed by atoms with Crippen molar-refractivity contribution in [3.63, 3.8) is 0 Å². The van der Waals surface area contributed by atoms with Gasteiger partial charge in [-0.05, 0) is 56.2 Å². The monoisotopic (exact) mass is 403 g/mol. The molecule has 0 radical (unpaired) electrons. The summed E-state index contributed by atoms with van der Waals surface area (Å²) in [6.45, 7) is 5.93. The molecule has 152 valence electrons. The molecule has 1 N–H and O–H groups in total. The van der Waals surface area contributed by atoms with Crippen LogP contribution in [-0.4, -0.2) is 12.5 Å². The number of allylic oxidation sites excluding steroid dienone is 1. The van der Waals surface area contributed by atoms with Crippen molar-refractivity contribution in [1.82, 2.24) is 0 Å². The first-order valence-electron chi connectivity index (χ1n) is 9.00. The van der Waals surface area contributed by atoms with Crippen molar-refractivity contribution < 1.29 is 27.1 Å². The lowest BCUT2D eigenvalue weighted by molar-refractivity contribution is -0.137. The Morgan fingerprint density at radius 3 is 2.69 bits per heavy atom. The van der Waals surface area contributed by atoms with Crippen molar-refractivity contribution in [2.75, 3.05) is 11.9 Å². The average molecular weight is 403 g/mol. The third-order valence-electron chi connectivity index (χ3n) is 4.40. The third kappa shape index (κ3) is 4.62. The lowest BCUT2D eigenvalue weighted by Crippen LogP contribution is -2.11. The van der Waals surface area contributed by atoms with Crippen LogP contribution < -0.4 is 10.1 Å². The molecule has 0 aliphatic heterocycles. The van der Waals surface area contributed by atoms with Crippen LogP contribution in [0.4, 0.5) is 18.9 Å². The highest BCUT2D eigenvalue weighted by Gasteiger charge is 2.30. The van der Waals surface area contributed by atoms with E-state index in [1.54, 1.807) is 19.3 Å². The van der Waals surface area contributed by atoms with Crippen molar-refractivity contribution in [2.45, 2.75) is 26.9 Å². The van der Waals surface area contributed by atoms with Crippen molar-refractivity contribution in [2.24, 2.45) is 0 Å². The Morgan fingerprint density at radius 2 is 2.00 bits per heavy atom. The summed E-state index contributed by atoms with van der Waals surface area (Å²) in [7, 11) is 0. The first-order chi connectivity index (χ1) is 13.7. The van der Waals surface area contributed by atoms with Crippen LogP contribution in [-0.2, 0) is 11.0 Å². The molecule has 0 saturated carbocycles. The van der Waals surface area contributed by atoms with E-state index < -0.39 is 17.6 Å². The summed E-state index contributed by atoms with van der Waals surface area (Å²) in [5.74, 6) is 0.0308. The number of hydrogen-bond acceptors (Lipinski definition) is 3. The Labute approximate surface area is 166 Å². The summed E-state index contributed by atoms with van der Waals surface area (Å²) in [6.07, 6.45) is -1.50. The van der Waals surface area contributed by atoms with Gasteiger partial charge in [-0.25, -0.2) is 0 Å². The Hall–Kier alpha value is -3.22. The minimum absolute atomic E-state index is 0.0695. The van der Waals surface area contributed by atoms with Crippen LogP contribution in [0.1, 0.15) is 30.5 Å². The highest BCUT2D eigenvalue weighted by molar-refractivity contribution is 6.04. The van der Waals surface area contributed by atoms with Gasteiger partial charge in [0, 0.05) is 28.8 Å². The second-order valence-corrected chi connectivity index (χ2v) is 6.59. The number of nitrogens with one attached hydrogen (secondary N) is 1. The van der Waals surface area contributed by atoms with Gasteiger partial charge in [0.05, 0.1) is 18.4 Å². The summed E-state index contributed by atoms with van der Waals surface area (Å²) < 4.78 is 49.7. The smallest absolute Gasteiger partial charge is 0.416 e. The number of hydrogen-bond donors (Lipinski definition) is 1. The number of halogens is 3. The van der Waals surface area contributed by atoms with Gasteiger partial charge in [0.15, 0.2) is 0 Å². The number of alkyl halides is 3. The number of anilines is 1. The molecule has 0 saturated heterocycles. The number of fused-ring (bicyclic) bond motifs is 1. The van der Waals surface area contributed by atoms with E-state index in [0.717, 1.165) is 23.1 Å². The van der Waals surface area contributed by atoms with Gasteiger partial charge in [-0.1, -0.05) is 6.07 Å². The Kier molecular flexibility index (Phi) is 5.68. The molecule has 4 nitrogen and oxygen atoms in total. The van der Waals surface area contributed by atoms with Crippen molar-refractivity contribution >= 4 is 28.1 Å². The normalized spacial score (nSPS) is 12.3. The number of carbonyl (C=O) groups is 1. The SMILES string of the molecule is CCOc1cc2occ(C)c2cc1/C(C)=C/C(=O)Nc1cccc(C(F)(F)F)c1. The van der Waals surface area contributed by atoms with Gasteiger partial charge in [0.1, 0.15) is 11.3 Å².